The summed E-state index contributed by atoms with van der Waals surface area (Å²) in [5, 5.41) is 17.6. The molecule has 0 saturated carbocycles. The van der Waals surface area contributed by atoms with Gasteiger partial charge in [-0.15, -0.1) is 16.4 Å². The van der Waals surface area contributed by atoms with Gasteiger partial charge in [0.05, 0.1) is 34.0 Å². The molecule has 4 aromatic rings. The molecule has 0 amide bonds. The fraction of sp³-hybridized carbons (Fsp3) is 0.0588. The quantitative estimate of drug-likeness (QED) is 0.618. The van der Waals surface area contributed by atoms with Gasteiger partial charge in [0.15, 0.2) is 0 Å². The molecule has 24 heavy (non-hydrogen) atoms. The Morgan fingerprint density at radius 2 is 2.08 bits per heavy atom. The summed E-state index contributed by atoms with van der Waals surface area (Å²) in [7, 11) is 0. The van der Waals surface area contributed by atoms with Crippen LogP contribution in [-0.2, 0) is 6.54 Å². The van der Waals surface area contributed by atoms with Crippen LogP contribution in [0.25, 0.3) is 21.5 Å². The molecule has 0 unspecified atom stereocenters. The highest BCUT2D eigenvalue weighted by Crippen LogP contribution is 2.24. The second-order valence-corrected chi connectivity index (χ2v) is 6.18. The van der Waals surface area contributed by atoms with E-state index in [0.717, 1.165) is 21.5 Å². The first-order chi connectivity index (χ1) is 11.7. The second kappa shape index (κ2) is 5.86. The lowest BCUT2D eigenvalue weighted by atomic mass is 10.1. The lowest BCUT2D eigenvalue weighted by molar-refractivity contribution is 0.0695. The van der Waals surface area contributed by atoms with Crippen molar-refractivity contribution in [3.63, 3.8) is 0 Å². The molecular formula is C17H12N4O2S. The third kappa shape index (κ3) is 2.65. The smallest absolute Gasteiger partial charge is 0.336 e. The fourth-order valence-electron chi connectivity index (χ4n) is 2.57. The third-order valence-corrected chi connectivity index (χ3v) is 4.55. The first-order valence-electron chi connectivity index (χ1n) is 7.26. The van der Waals surface area contributed by atoms with Gasteiger partial charge in [0.2, 0.25) is 0 Å². The molecule has 0 aliphatic carbocycles. The minimum absolute atomic E-state index is 0.276. The van der Waals surface area contributed by atoms with E-state index in [0.29, 0.717) is 12.1 Å². The fourth-order valence-corrected chi connectivity index (χ4v) is 3.23. The van der Waals surface area contributed by atoms with Crippen LogP contribution in [0.5, 0.6) is 0 Å². The summed E-state index contributed by atoms with van der Waals surface area (Å²) in [6, 6.07) is 12.9. The SMILES string of the molecule is O=C(O)c1ccccc1Cn1cc(-c2ccc3scnc3c2)nn1. The van der Waals surface area contributed by atoms with Crippen molar-refractivity contribution in [3.8, 4) is 11.3 Å². The Hall–Kier alpha value is -3.06. The molecule has 0 atom stereocenters. The number of thiazole rings is 1. The number of carboxylic acid groups (broad SMARTS) is 1. The molecule has 0 aliphatic heterocycles. The van der Waals surface area contributed by atoms with Crippen LogP contribution in [0.1, 0.15) is 15.9 Å². The summed E-state index contributed by atoms with van der Waals surface area (Å²) in [5.74, 6) is -0.945. The molecule has 2 heterocycles. The van der Waals surface area contributed by atoms with Crippen molar-refractivity contribution in [1.29, 1.82) is 0 Å². The molecule has 2 aromatic heterocycles. The van der Waals surface area contributed by atoms with E-state index in [-0.39, 0.29) is 5.56 Å². The van der Waals surface area contributed by atoms with Crippen LogP contribution in [0.15, 0.2) is 54.2 Å². The molecule has 0 spiro atoms. The van der Waals surface area contributed by atoms with Gasteiger partial charge in [0, 0.05) is 5.56 Å². The lowest BCUT2D eigenvalue weighted by Gasteiger charge is -2.04. The van der Waals surface area contributed by atoms with Gasteiger partial charge in [-0.05, 0) is 23.8 Å². The highest BCUT2D eigenvalue weighted by Gasteiger charge is 2.11. The summed E-state index contributed by atoms with van der Waals surface area (Å²) >= 11 is 1.59. The topological polar surface area (TPSA) is 80.9 Å². The zero-order chi connectivity index (χ0) is 16.5. The Bertz CT molecular complexity index is 1040. The van der Waals surface area contributed by atoms with E-state index < -0.39 is 5.97 Å². The number of carbonyl (C=O) groups is 1. The number of carboxylic acids is 1. The molecule has 6 nitrogen and oxygen atoms in total. The number of benzene rings is 2. The summed E-state index contributed by atoms with van der Waals surface area (Å²) in [4.78, 5) is 15.6. The van der Waals surface area contributed by atoms with Crippen molar-refractivity contribution >= 4 is 27.5 Å². The molecule has 0 aliphatic rings. The van der Waals surface area contributed by atoms with Crippen molar-refractivity contribution in [2.75, 3.05) is 0 Å². The first kappa shape index (κ1) is 14.5. The average molecular weight is 336 g/mol. The molecule has 7 heteroatoms. The number of nitrogens with zero attached hydrogens (tertiary/aromatic N) is 4. The minimum Gasteiger partial charge on any atom is -0.478 e. The number of hydrogen-bond acceptors (Lipinski definition) is 5. The molecule has 4 rings (SSSR count). The van der Waals surface area contributed by atoms with Crippen LogP contribution in [0.4, 0.5) is 0 Å². The Morgan fingerprint density at radius 3 is 2.96 bits per heavy atom. The molecule has 118 valence electrons. The van der Waals surface area contributed by atoms with E-state index in [1.165, 1.54) is 0 Å². The molecule has 0 bridgehead atoms. The number of aromatic carboxylic acids is 1. The number of fused-ring (bicyclic) bond motifs is 1. The van der Waals surface area contributed by atoms with Crippen molar-refractivity contribution in [2.45, 2.75) is 6.54 Å². The molecule has 1 N–H and O–H groups in total. The van der Waals surface area contributed by atoms with Crippen LogP contribution < -0.4 is 0 Å². The number of aromatic nitrogens is 4. The minimum atomic E-state index is -0.945. The highest BCUT2D eigenvalue weighted by atomic mass is 32.1. The molecular weight excluding hydrogens is 324 g/mol. The van der Waals surface area contributed by atoms with Gasteiger partial charge in [0.1, 0.15) is 5.69 Å². The Morgan fingerprint density at radius 1 is 1.21 bits per heavy atom. The largest absolute Gasteiger partial charge is 0.478 e. The maximum absolute atomic E-state index is 11.3. The molecule has 0 fully saturated rings. The van der Waals surface area contributed by atoms with Crippen LogP contribution in [0.2, 0.25) is 0 Å². The van der Waals surface area contributed by atoms with Crippen LogP contribution >= 0.6 is 11.3 Å². The molecule has 0 saturated heterocycles. The van der Waals surface area contributed by atoms with E-state index >= 15 is 0 Å². The second-order valence-electron chi connectivity index (χ2n) is 5.30. The van der Waals surface area contributed by atoms with E-state index in [1.54, 1.807) is 34.2 Å². The average Bonchev–Trinajstić information content (AvgIpc) is 3.23. The molecule has 2 aromatic carbocycles. The Labute approximate surface area is 141 Å². The van der Waals surface area contributed by atoms with Gasteiger partial charge in [-0.2, -0.15) is 0 Å². The summed E-state index contributed by atoms with van der Waals surface area (Å²) in [5.41, 5.74) is 5.38. The lowest BCUT2D eigenvalue weighted by Crippen LogP contribution is -2.07. The van der Waals surface area contributed by atoms with Crippen molar-refractivity contribution in [1.82, 2.24) is 20.0 Å². The van der Waals surface area contributed by atoms with Gasteiger partial charge >= 0.3 is 5.97 Å². The normalized spacial score (nSPS) is 11.0. The van der Waals surface area contributed by atoms with Gasteiger partial charge < -0.3 is 5.11 Å². The maximum Gasteiger partial charge on any atom is 0.336 e. The zero-order valence-electron chi connectivity index (χ0n) is 12.5. The third-order valence-electron chi connectivity index (χ3n) is 3.74. The summed E-state index contributed by atoms with van der Waals surface area (Å²) in [6.07, 6.45) is 1.81. The van der Waals surface area contributed by atoms with Crippen molar-refractivity contribution < 1.29 is 9.90 Å². The van der Waals surface area contributed by atoms with Gasteiger partial charge in [-0.3, -0.25) is 0 Å². The van der Waals surface area contributed by atoms with Crippen molar-refractivity contribution in [2.24, 2.45) is 0 Å². The predicted octanol–water partition coefficient (Wildman–Crippen LogP) is 3.30. The van der Waals surface area contributed by atoms with Gasteiger partial charge in [-0.1, -0.05) is 29.5 Å². The highest BCUT2D eigenvalue weighted by molar-refractivity contribution is 7.16. The molecule has 0 radical (unpaired) electrons. The number of rotatable bonds is 4. The monoisotopic (exact) mass is 336 g/mol. The van der Waals surface area contributed by atoms with Gasteiger partial charge in [0.25, 0.3) is 0 Å². The Balaban J connectivity index is 1.64. The summed E-state index contributed by atoms with van der Waals surface area (Å²) < 4.78 is 2.77. The predicted molar refractivity (Wildman–Crippen MR) is 91.1 cm³/mol. The standard InChI is InChI=1S/C17H12N4O2S/c22-17(23)13-4-2-1-3-12(13)8-21-9-15(19-20-21)11-5-6-16-14(7-11)18-10-24-16/h1-7,9-10H,8H2,(H,22,23). The van der Waals surface area contributed by atoms with Gasteiger partial charge in [-0.25, -0.2) is 14.5 Å². The first-order valence-corrected chi connectivity index (χ1v) is 8.13. The zero-order valence-corrected chi connectivity index (χ0v) is 13.3. The van der Waals surface area contributed by atoms with E-state index in [4.69, 9.17) is 0 Å². The van der Waals surface area contributed by atoms with E-state index in [2.05, 4.69) is 15.3 Å². The summed E-state index contributed by atoms with van der Waals surface area (Å²) in [6.45, 7) is 0.356. The maximum atomic E-state index is 11.3. The van der Waals surface area contributed by atoms with Crippen LogP contribution in [-0.4, -0.2) is 31.1 Å². The van der Waals surface area contributed by atoms with Crippen LogP contribution in [0.3, 0.4) is 0 Å². The van der Waals surface area contributed by atoms with E-state index in [9.17, 15) is 9.90 Å². The van der Waals surface area contributed by atoms with E-state index in [1.807, 2.05) is 36.0 Å². The number of hydrogen-bond donors (Lipinski definition) is 1. The van der Waals surface area contributed by atoms with Crippen LogP contribution in [0, 0.1) is 0 Å². The Kier molecular flexibility index (Phi) is 3.55. The van der Waals surface area contributed by atoms with Crippen molar-refractivity contribution in [3.05, 3.63) is 65.3 Å².